The Morgan fingerprint density at radius 1 is 1.00 bits per heavy atom. The lowest BCUT2D eigenvalue weighted by Crippen LogP contribution is -3.17. The number of carbonyl (C=O) groups is 2. The molecular weight excluding hydrogens is 306 g/mol. The molecule has 0 saturated carbocycles. The molecule has 6 heteroatoms. The van der Waals surface area contributed by atoms with Gasteiger partial charge in [0.15, 0.2) is 0 Å². The third-order valence-corrected chi connectivity index (χ3v) is 5.92. The van der Waals surface area contributed by atoms with Gasteiger partial charge in [0, 0.05) is 39.0 Å². The molecule has 3 rings (SSSR count). The van der Waals surface area contributed by atoms with Gasteiger partial charge in [0.1, 0.15) is 0 Å². The van der Waals surface area contributed by atoms with E-state index in [-0.39, 0.29) is 12.0 Å². The van der Waals surface area contributed by atoms with Gasteiger partial charge in [-0.3, -0.25) is 4.79 Å². The SMILES string of the molecule is CCOC(=O)N1CCC([NH+]2CCCC(C(=O)N3CCCC3)C2)CC1. The molecule has 3 aliphatic heterocycles. The van der Waals surface area contributed by atoms with Crippen LogP contribution in [0.25, 0.3) is 0 Å². The molecule has 2 amide bonds. The first-order valence-electron chi connectivity index (χ1n) is 9.74. The standard InChI is InChI=1S/C18H31N3O3/c1-2-24-18(23)20-12-7-16(8-13-20)21-11-5-6-15(14-21)17(22)19-9-3-4-10-19/h15-16H,2-14H2,1H3/p+1. The predicted octanol–water partition coefficient (Wildman–Crippen LogP) is 0.525. The van der Waals surface area contributed by atoms with E-state index in [1.54, 1.807) is 4.90 Å². The second kappa shape index (κ2) is 8.19. The Hall–Kier alpha value is -1.30. The number of hydrogen-bond acceptors (Lipinski definition) is 3. The number of carbonyl (C=O) groups excluding carboxylic acids is 2. The minimum absolute atomic E-state index is 0.174. The molecule has 3 heterocycles. The first-order chi connectivity index (χ1) is 11.7. The summed E-state index contributed by atoms with van der Waals surface area (Å²) in [7, 11) is 0. The lowest BCUT2D eigenvalue weighted by molar-refractivity contribution is -0.933. The Morgan fingerprint density at radius 3 is 2.38 bits per heavy atom. The minimum Gasteiger partial charge on any atom is -0.450 e. The molecule has 136 valence electrons. The molecule has 0 radical (unpaired) electrons. The van der Waals surface area contributed by atoms with E-state index in [4.69, 9.17) is 4.74 Å². The summed E-state index contributed by atoms with van der Waals surface area (Å²) in [6.45, 7) is 7.95. The average molecular weight is 338 g/mol. The molecule has 3 fully saturated rings. The molecular formula is C18H32N3O3+. The van der Waals surface area contributed by atoms with E-state index in [9.17, 15) is 9.59 Å². The number of ether oxygens (including phenoxy) is 1. The van der Waals surface area contributed by atoms with Crippen LogP contribution in [0.15, 0.2) is 0 Å². The van der Waals surface area contributed by atoms with Crippen molar-refractivity contribution in [3.8, 4) is 0 Å². The van der Waals surface area contributed by atoms with Crippen molar-refractivity contribution < 1.29 is 19.2 Å². The molecule has 0 spiro atoms. The van der Waals surface area contributed by atoms with Crippen LogP contribution in [0.5, 0.6) is 0 Å². The Bertz CT molecular complexity index is 443. The average Bonchev–Trinajstić information content (AvgIpc) is 3.16. The second-order valence-electron chi connectivity index (χ2n) is 7.44. The molecule has 2 atom stereocenters. The van der Waals surface area contributed by atoms with Crippen molar-refractivity contribution >= 4 is 12.0 Å². The van der Waals surface area contributed by atoms with Gasteiger partial charge in [0.25, 0.3) is 0 Å². The Kier molecular flexibility index (Phi) is 5.98. The largest absolute Gasteiger partial charge is 0.450 e. The molecule has 0 aromatic heterocycles. The summed E-state index contributed by atoms with van der Waals surface area (Å²) in [5, 5.41) is 0. The Balaban J connectivity index is 1.48. The fourth-order valence-electron chi connectivity index (χ4n) is 4.56. The number of rotatable bonds is 3. The van der Waals surface area contributed by atoms with Crippen molar-refractivity contribution in [1.29, 1.82) is 0 Å². The van der Waals surface area contributed by atoms with Crippen LogP contribution >= 0.6 is 0 Å². The zero-order chi connectivity index (χ0) is 16.9. The van der Waals surface area contributed by atoms with Gasteiger partial charge in [0.05, 0.1) is 31.7 Å². The third kappa shape index (κ3) is 4.02. The summed E-state index contributed by atoms with van der Waals surface area (Å²) in [6, 6.07) is 0.588. The summed E-state index contributed by atoms with van der Waals surface area (Å²) < 4.78 is 5.10. The summed E-state index contributed by atoms with van der Waals surface area (Å²) >= 11 is 0. The smallest absolute Gasteiger partial charge is 0.409 e. The maximum absolute atomic E-state index is 12.7. The number of nitrogens with zero attached hydrogens (tertiary/aromatic N) is 2. The van der Waals surface area contributed by atoms with Crippen molar-refractivity contribution in [2.45, 2.75) is 51.5 Å². The van der Waals surface area contributed by atoms with Crippen LogP contribution in [-0.2, 0) is 9.53 Å². The normalized spacial score (nSPS) is 28.9. The second-order valence-corrected chi connectivity index (χ2v) is 7.44. The van der Waals surface area contributed by atoms with Crippen LogP contribution in [-0.4, -0.2) is 73.7 Å². The molecule has 2 unspecified atom stereocenters. The fraction of sp³-hybridized carbons (Fsp3) is 0.889. The van der Waals surface area contributed by atoms with Crippen LogP contribution in [0.4, 0.5) is 4.79 Å². The van der Waals surface area contributed by atoms with Gasteiger partial charge >= 0.3 is 6.09 Å². The summed E-state index contributed by atoms with van der Waals surface area (Å²) in [4.78, 5) is 30.0. The highest BCUT2D eigenvalue weighted by molar-refractivity contribution is 5.79. The highest BCUT2D eigenvalue weighted by atomic mass is 16.6. The number of piperidine rings is 2. The monoisotopic (exact) mass is 338 g/mol. The molecule has 24 heavy (non-hydrogen) atoms. The van der Waals surface area contributed by atoms with Crippen LogP contribution in [0, 0.1) is 5.92 Å². The maximum Gasteiger partial charge on any atom is 0.409 e. The van der Waals surface area contributed by atoms with Crippen LogP contribution in [0.2, 0.25) is 0 Å². The number of hydrogen-bond donors (Lipinski definition) is 1. The highest BCUT2D eigenvalue weighted by Gasteiger charge is 2.37. The molecule has 6 nitrogen and oxygen atoms in total. The molecule has 3 aliphatic rings. The van der Waals surface area contributed by atoms with Crippen LogP contribution in [0.3, 0.4) is 0 Å². The predicted molar refractivity (Wildman–Crippen MR) is 90.9 cm³/mol. The Labute approximate surface area is 145 Å². The highest BCUT2D eigenvalue weighted by Crippen LogP contribution is 2.18. The van der Waals surface area contributed by atoms with Crippen molar-refractivity contribution in [2.24, 2.45) is 5.92 Å². The van der Waals surface area contributed by atoms with Crippen molar-refractivity contribution in [2.75, 3.05) is 45.9 Å². The van der Waals surface area contributed by atoms with E-state index >= 15 is 0 Å². The quantitative estimate of drug-likeness (QED) is 0.816. The first-order valence-corrected chi connectivity index (χ1v) is 9.74. The molecule has 0 aliphatic carbocycles. The van der Waals surface area contributed by atoms with E-state index in [2.05, 4.69) is 4.90 Å². The van der Waals surface area contributed by atoms with Crippen molar-refractivity contribution in [3.05, 3.63) is 0 Å². The van der Waals surface area contributed by atoms with Gasteiger partial charge in [-0.1, -0.05) is 0 Å². The van der Waals surface area contributed by atoms with Gasteiger partial charge in [-0.25, -0.2) is 4.79 Å². The van der Waals surface area contributed by atoms with E-state index in [1.807, 2.05) is 11.8 Å². The molecule has 1 N–H and O–H groups in total. The Morgan fingerprint density at radius 2 is 1.71 bits per heavy atom. The lowest BCUT2D eigenvalue weighted by Gasteiger charge is -2.39. The van der Waals surface area contributed by atoms with Crippen molar-refractivity contribution in [3.63, 3.8) is 0 Å². The van der Waals surface area contributed by atoms with Gasteiger partial charge in [-0.05, 0) is 32.6 Å². The number of amides is 2. The first kappa shape index (κ1) is 17.5. The lowest BCUT2D eigenvalue weighted by atomic mass is 9.93. The molecule has 0 aromatic rings. The van der Waals surface area contributed by atoms with Gasteiger partial charge < -0.3 is 19.4 Å². The number of nitrogens with one attached hydrogen (secondary N) is 1. The summed E-state index contributed by atoms with van der Waals surface area (Å²) in [5.41, 5.74) is 0. The van der Waals surface area contributed by atoms with E-state index in [0.29, 0.717) is 18.6 Å². The summed E-state index contributed by atoms with van der Waals surface area (Å²) in [6.07, 6.45) is 6.42. The zero-order valence-corrected chi connectivity index (χ0v) is 15.0. The van der Waals surface area contributed by atoms with Crippen molar-refractivity contribution in [1.82, 2.24) is 9.80 Å². The minimum atomic E-state index is -0.174. The summed E-state index contributed by atoms with van der Waals surface area (Å²) in [5.74, 6) is 0.614. The number of quaternary nitrogens is 1. The van der Waals surface area contributed by atoms with E-state index in [1.165, 1.54) is 19.4 Å². The van der Waals surface area contributed by atoms with Gasteiger partial charge in [-0.2, -0.15) is 0 Å². The van der Waals surface area contributed by atoms with E-state index in [0.717, 1.165) is 58.4 Å². The maximum atomic E-state index is 12.7. The zero-order valence-electron chi connectivity index (χ0n) is 15.0. The molecule has 3 saturated heterocycles. The molecule has 0 aromatic carbocycles. The number of likely N-dealkylation sites (tertiary alicyclic amines) is 3. The van der Waals surface area contributed by atoms with Gasteiger partial charge in [0.2, 0.25) is 5.91 Å². The topological polar surface area (TPSA) is 54.3 Å². The fourth-order valence-corrected chi connectivity index (χ4v) is 4.56. The molecule has 0 bridgehead atoms. The van der Waals surface area contributed by atoms with Crippen LogP contribution in [0.1, 0.15) is 45.4 Å². The third-order valence-electron chi connectivity index (χ3n) is 5.92. The van der Waals surface area contributed by atoms with Gasteiger partial charge in [-0.15, -0.1) is 0 Å². The van der Waals surface area contributed by atoms with E-state index < -0.39 is 0 Å². The van der Waals surface area contributed by atoms with Crippen LogP contribution < -0.4 is 4.90 Å².